The molecule has 6 nitrogen and oxygen atoms in total. The molecule has 0 radical (unpaired) electrons. The Balaban J connectivity index is 4.31. The van der Waals surface area contributed by atoms with Gasteiger partial charge in [0.25, 0.3) is 0 Å². The lowest BCUT2D eigenvalue weighted by molar-refractivity contribution is -0.167. The molecular formula is C67H126O6. The van der Waals surface area contributed by atoms with Gasteiger partial charge in [0.15, 0.2) is 6.10 Å². The predicted octanol–water partition coefficient (Wildman–Crippen LogP) is 22.2. The first-order valence-corrected chi connectivity index (χ1v) is 32.8. The Morgan fingerprint density at radius 2 is 0.493 bits per heavy atom. The van der Waals surface area contributed by atoms with Crippen LogP contribution in [-0.4, -0.2) is 37.2 Å². The van der Waals surface area contributed by atoms with Crippen molar-refractivity contribution < 1.29 is 28.6 Å². The molecule has 0 aromatic heterocycles. The van der Waals surface area contributed by atoms with Crippen LogP contribution in [0.3, 0.4) is 0 Å². The summed E-state index contributed by atoms with van der Waals surface area (Å²) in [5, 5.41) is 0. The van der Waals surface area contributed by atoms with Crippen molar-refractivity contribution in [3.8, 4) is 0 Å². The lowest BCUT2D eigenvalue weighted by Gasteiger charge is -2.18. The van der Waals surface area contributed by atoms with Crippen LogP contribution < -0.4 is 0 Å². The Morgan fingerprint density at radius 1 is 0.274 bits per heavy atom. The number of carbonyl (C=O) groups is 3. The zero-order valence-electron chi connectivity index (χ0n) is 49.4. The summed E-state index contributed by atoms with van der Waals surface area (Å²) in [5.74, 6) is -0.839. The maximum absolute atomic E-state index is 12.9. The number of allylic oxidation sites excluding steroid dienone is 4. The van der Waals surface area contributed by atoms with Crippen LogP contribution >= 0.6 is 0 Å². The number of ether oxygens (including phenoxy) is 3. The van der Waals surface area contributed by atoms with E-state index >= 15 is 0 Å². The standard InChI is InChI=1S/C67H126O6/c1-4-7-10-13-16-19-22-25-28-31-34-37-39-42-45-48-51-54-57-60-66(69)72-63-64(73-67(70)61-58-55-52-49-46-43-40-36-33-30-27-24-21-18-15-12-9-6-3)62-71-65(68)59-56-53-50-47-44-41-38-35-32-29-26-23-20-17-14-11-8-5-2/h16,19,25,28,64H,4-15,17-18,20-24,26-27,29-63H2,1-3H3/b19-16+,28-25+/t64-/m1/s1. The highest BCUT2D eigenvalue weighted by Gasteiger charge is 2.19. The van der Waals surface area contributed by atoms with Crippen molar-refractivity contribution in [2.24, 2.45) is 0 Å². The van der Waals surface area contributed by atoms with E-state index in [2.05, 4.69) is 45.1 Å². The van der Waals surface area contributed by atoms with Crippen LogP contribution in [0, 0.1) is 0 Å². The monoisotopic (exact) mass is 1030 g/mol. The van der Waals surface area contributed by atoms with Gasteiger partial charge in [0.2, 0.25) is 0 Å². The number of unbranched alkanes of at least 4 members (excludes halogenated alkanes) is 46. The van der Waals surface area contributed by atoms with Gasteiger partial charge in [-0.05, 0) is 51.4 Å². The molecule has 6 heteroatoms. The van der Waals surface area contributed by atoms with Crippen LogP contribution in [0.2, 0.25) is 0 Å². The first-order chi connectivity index (χ1) is 36.0. The first-order valence-electron chi connectivity index (χ1n) is 32.8. The number of esters is 3. The molecular weight excluding hydrogens is 901 g/mol. The van der Waals surface area contributed by atoms with E-state index in [-0.39, 0.29) is 31.1 Å². The lowest BCUT2D eigenvalue weighted by Crippen LogP contribution is -2.30. The summed E-state index contributed by atoms with van der Waals surface area (Å²) in [7, 11) is 0. The average Bonchev–Trinajstić information content (AvgIpc) is 3.39. The van der Waals surface area contributed by atoms with E-state index in [0.717, 1.165) is 64.2 Å². The predicted molar refractivity (Wildman–Crippen MR) is 316 cm³/mol. The topological polar surface area (TPSA) is 78.9 Å². The van der Waals surface area contributed by atoms with Crippen molar-refractivity contribution in [3.63, 3.8) is 0 Å². The van der Waals surface area contributed by atoms with Crippen LogP contribution in [0.25, 0.3) is 0 Å². The Morgan fingerprint density at radius 3 is 0.781 bits per heavy atom. The van der Waals surface area contributed by atoms with Gasteiger partial charge in [0.1, 0.15) is 13.2 Å². The third kappa shape index (κ3) is 60.6. The Hall–Kier alpha value is -2.11. The van der Waals surface area contributed by atoms with Crippen LogP contribution in [-0.2, 0) is 28.6 Å². The molecule has 0 spiro atoms. The fourth-order valence-corrected chi connectivity index (χ4v) is 10.0. The maximum atomic E-state index is 12.9. The molecule has 0 rings (SSSR count). The third-order valence-corrected chi connectivity index (χ3v) is 15.0. The summed E-state index contributed by atoms with van der Waals surface area (Å²) in [6.45, 7) is 6.69. The molecule has 0 heterocycles. The normalized spacial score (nSPS) is 12.1. The van der Waals surface area contributed by atoms with Crippen LogP contribution in [0.5, 0.6) is 0 Å². The van der Waals surface area contributed by atoms with Gasteiger partial charge in [-0.1, -0.05) is 321 Å². The first kappa shape index (κ1) is 70.9. The minimum absolute atomic E-state index is 0.0659. The minimum atomic E-state index is -0.769. The summed E-state index contributed by atoms with van der Waals surface area (Å²) < 4.78 is 17.0. The summed E-state index contributed by atoms with van der Waals surface area (Å²) in [4.78, 5) is 38.4. The number of hydrogen-bond acceptors (Lipinski definition) is 6. The molecule has 0 aromatic rings. The molecule has 1 atom stereocenters. The van der Waals surface area contributed by atoms with E-state index in [0.29, 0.717) is 19.3 Å². The van der Waals surface area contributed by atoms with E-state index in [9.17, 15) is 14.4 Å². The van der Waals surface area contributed by atoms with Crippen molar-refractivity contribution in [3.05, 3.63) is 24.3 Å². The van der Waals surface area contributed by atoms with Crippen LogP contribution in [0.4, 0.5) is 0 Å². The van der Waals surface area contributed by atoms with E-state index in [4.69, 9.17) is 14.2 Å². The second-order valence-electron chi connectivity index (χ2n) is 22.4. The lowest BCUT2D eigenvalue weighted by atomic mass is 10.0. The van der Waals surface area contributed by atoms with E-state index in [1.807, 2.05) is 0 Å². The molecule has 0 aliphatic heterocycles. The van der Waals surface area contributed by atoms with Gasteiger partial charge in [-0.3, -0.25) is 14.4 Å². The molecule has 0 unspecified atom stereocenters. The fraction of sp³-hybridized carbons (Fsp3) is 0.896. The van der Waals surface area contributed by atoms with Gasteiger partial charge >= 0.3 is 17.9 Å². The number of hydrogen-bond donors (Lipinski definition) is 0. The van der Waals surface area contributed by atoms with Crippen LogP contribution in [0.15, 0.2) is 24.3 Å². The Labute approximate surface area is 455 Å². The molecule has 0 bridgehead atoms. The van der Waals surface area contributed by atoms with Gasteiger partial charge in [0.05, 0.1) is 0 Å². The molecule has 0 aliphatic carbocycles. The van der Waals surface area contributed by atoms with Crippen molar-refractivity contribution >= 4 is 17.9 Å². The highest BCUT2D eigenvalue weighted by atomic mass is 16.6. The third-order valence-electron chi connectivity index (χ3n) is 15.0. The van der Waals surface area contributed by atoms with E-state index in [1.54, 1.807) is 0 Å². The van der Waals surface area contributed by atoms with Crippen LogP contribution in [0.1, 0.15) is 367 Å². The van der Waals surface area contributed by atoms with Gasteiger partial charge in [-0.2, -0.15) is 0 Å². The number of carbonyl (C=O) groups excluding carboxylic acids is 3. The molecule has 0 saturated heterocycles. The van der Waals surface area contributed by atoms with Crippen molar-refractivity contribution in [2.75, 3.05) is 13.2 Å². The zero-order chi connectivity index (χ0) is 52.9. The fourth-order valence-electron chi connectivity index (χ4n) is 10.0. The summed E-state index contributed by atoms with van der Waals surface area (Å²) in [6.07, 6.45) is 74.6. The molecule has 0 amide bonds. The molecule has 73 heavy (non-hydrogen) atoms. The van der Waals surface area contributed by atoms with E-state index < -0.39 is 6.10 Å². The van der Waals surface area contributed by atoms with Gasteiger partial charge in [-0.15, -0.1) is 0 Å². The summed E-state index contributed by atoms with van der Waals surface area (Å²) in [5.41, 5.74) is 0. The average molecular weight is 1030 g/mol. The SMILES string of the molecule is CCCCC/C=C/C/C=C/CCCCCCCCCCCC(=O)OC[C@@H](COC(=O)CCCCCCCCCCCCCCCCCCCC)OC(=O)CCCCCCCCCCCCCCCCCCCC. The van der Waals surface area contributed by atoms with Crippen molar-refractivity contribution in [1.29, 1.82) is 0 Å². The summed E-state index contributed by atoms with van der Waals surface area (Å²) in [6, 6.07) is 0. The second-order valence-corrected chi connectivity index (χ2v) is 22.4. The molecule has 430 valence electrons. The second kappa shape index (κ2) is 62.4. The Bertz CT molecular complexity index is 1180. The van der Waals surface area contributed by atoms with Crippen molar-refractivity contribution in [2.45, 2.75) is 374 Å². The minimum Gasteiger partial charge on any atom is -0.462 e. The highest BCUT2D eigenvalue weighted by Crippen LogP contribution is 2.18. The van der Waals surface area contributed by atoms with Crippen molar-refractivity contribution in [1.82, 2.24) is 0 Å². The molecule has 0 N–H and O–H groups in total. The molecule has 0 fully saturated rings. The Kier molecular flexibility index (Phi) is 60.6. The quantitative estimate of drug-likeness (QED) is 0.0261. The largest absolute Gasteiger partial charge is 0.462 e. The van der Waals surface area contributed by atoms with E-state index in [1.165, 1.54) is 263 Å². The maximum Gasteiger partial charge on any atom is 0.306 e. The summed E-state index contributed by atoms with van der Waals surface area (Å²) >= 11 is 0. The van der Waals surface area contributed by atoms with Gasteiger partial charge in [0, 0.05) is 19.3 Å². The molecule has 0 saturated carbocycles. The highest BCUT2D eigenvalue weighted by molar-refractivity contribution is 5.71. The molecule has 0 aliphatic rings. The van der Waals surface area contributed by atoms with Gasteiger partial charge < -0.3 is 14.2 Å². The zero-order valence-corrected chi connectivity index (χ0v) is 49.4. The molecule has 0 aromatic carbocycles. The smallest absolute Gasteiger partial charge is 0.306 e. The number of rotatable bonds is 61. The van der Waals surface area contributed by atoms with Gasteiger partial charge in [-0.25, -0.2) is 0 Å².